The van der Waals surface area contributed by atoms with Crippen LogP contribution in [0.4, 0.5) is 0 Å². The zero-order chi connectivity index (χ0) is 10.6. The van der Waals surface area contributed by atoms with Crippen LogP contribution in [0.3, 0.4) is 0 Å². The minimum atomic E-state index is 0.330. The van der Waals surface area contributed by atoms with Gasteiger partial charge in [0.25, 0.3) is 0 Å². The van der Waals surface area contributed by atoms with E-state index in [2.05, 4.69) is 46.6 Å². The Morgan fingerprint density at radius 2 is 1.46 bits per heavy atom. The Morgan fingerprint density at radius 3 is 1.77 bits per heavy atom. The molecule has 13 heavy (non-hydrogen) atoms. The number of hydrogen-bond acceptors (Lipinski definition) is 2. The van der Waals surface area contributed by atoms with Crippen LogP contribution in [0.15, 0.2) is 0 Å². The number of rotatable bonds is 5. The summed E-state index contributed by atoms with van der Waals surface area (Å²) in [6.07, 6.45) is 0.330. The maximum absolute atomic E-state index is 5.34. The lowest BCUT2D eigenvalue weighted by molar-refractivity contribution is 0.0286. The monoisotopic (exact) mass is 187 g/mol. The second-order valence-corrected chi connectivity index (χ2v) is 4.30. The molecule has 0 amide bonds. The topological polar surface area (TPSA) is 12.5 Å². The normalized spacial score (nSPS) is 19.2. The molecule has 2 nitrogen and oxygen atoms in total. The molecule has 0 saturated carbocycles. The van der Waals surface area contributed by atoms with Gasteiger partial charge in [-0.25, -0.2) is 0 Å². The van der Waals surface area contributed by atoms with Gasteiger partial charge >= 0.3 is 0 Å². The number of hydrogen-bond donors (Lipinski definition) is 0. The van der Waals surface area contributed by atoms with Crippen molar-refractivity contribution in [1.29, 1.82) is 0 Å². The molecular weight excluding hydrogens is 162 g/mol. The highest BCUT2D eigenvalue weighted by Gasteiger charge is 2.23. The first kappa shape index (κ1) is 12.9. The van der Waals surface area contributed by atoms with E-state index in [-0.39, 0.29) is 0 Å². The predicted molar refractivity (Wildman–Crippen MR) is 58.0 cm³/mol. The zero-order valence-corrected chi connectivity index (χ0v) is 10.2. The molecular formula is C11H25NO. The molecule has 0 aliphatic carbocycles. The molecule has 0 aliphatic rings. The van der Waals surface area contributed by atoms with E-state index in [1.165, 1.54) is 0 Å². The molecule has 0 N–H and O–H groups in total. The van der Waals surface area contributed by atoms with E-state index in [0.29, 0.717) is 24.1 Å². The molecule has 0 heterocycles. The number of methoxy groups -OCH3 is 1. The Bertz CT molecular complexity index is 136. The summed E-state index contributed by atoms with van der Waals surface area (Å²) in [5.41, 5.74) is 0. The molecule has 3 unspecified atom stereocenters. The average Bonchev–Trinajstić information content (AvgIpc) is 2.12. The van der Waals surface area contributed by atoms with E-state index in [1.54, 1.807) is 7.11 Å². The fourth-order valence-corrected chi connectivity index (χ4v) is 1.45. The Labute approximate surface area is 83.3 Å². The summed E-state index contributed by atoms with van der Waals surface area (Å²) in [5, 5.41) is 0. The molecule has 0 radical (unpaired) electrons. The molecule has 0 bridgehead atoms. The summed E-state index contributed by atoms with van der Waals surface area (Å²) >= 11 is 0. The summed E-state index contributed by atoms with van der Waals surface area (Å²) in [6.45, 7) is 11.1. The molecule has 0 aromatic rings. The largest absolute Gasteiger partial charge is 0.381 e. The Balaban J connectivity index is 4.15. The van der Waals surface area contributed by atoms with Gasteiger partial charge in [0.05, 0.1) is 6.10 Å². The van der Waals surface area contributed by atoms with Crippen molar-refractivity contribution in [3.63, 3.8) is 0 Å². The fraction of sp³-hybridized carbons (Fsp3) is 1.00. The molecule has 0 spiro atoms. The molecule has 0 aromatic carbocycles. The average molecular weight is 187 g/mol. The second kappa shape index (κ2) is 5.61. The van der Waals surface area contributed by atoms with Crippen LogP contribution in [0.2, 0.25) is 0 Å². The molecule has 0 fully saturated rings. The molecule has 3 atom stereocenters. The molecule has 2 heteroatoms. The first-order valence-corrected chi connectivity index (χ1v) is 5.16. The van der Waals surface area contributed by atoms with Gasteiger partial charge < -0.3 is 9.64 Å². The van der Waals surface area contributed by atoms with Crippen molar-refractivity contribution in [3.05, 3.63) is 0 Å². The molecule has 0 aromatic heterocycles. The van der Waals surface area contributed by atoms with Crippen molar-refractivity contribution in [3.8, 4) is 0 Å². The molecule has 0 aliphatic heterocycles. The van der Waals surface area contributed by atoms with E-state index in [0.717, 1.165) is 0 Å². The third-order valence-electron chi connectivity index (χ3n) is 3.33. The molecule has 0 rings (SSSR count). The van der Waals surface area contributed by atoms with Crippen molar-refractivity contribution in [1.82, 2.24) is 4.90 Å². The molecule has 80 valence electrons. The van der Waals surface area contributed by atoms with Crippen molar-refractivity contribution < 1.29 is 4.74 Å². The van der Waals surface area contributed by atoms with E-state index >= 15 is 0 Å². The fourth-order valence-electron chi connectivity index (χ4n) is 1.45. The van der Waals surface area contributed by atoms with E-state index in [1.807, 2.05) is 0 Å². The SMILES string of the molecule is COC(C)C(C)C(C)N(C)C(C)C. The van der Waals surface area contributed by atoms with Crippen LogP contribution in [0.1, 0.15) is 34.6 Å². The highest BCUT2D eigenvalue weighted by atomic mass is 16.5. The van der Waals surface area contributed by atoms with Gasteiger partial charge in [-0.3, -0.25) is 0 Å². The standard InChI is InChI=1S/C11H25NO/c1-8(2)12(6)10(4)9(3)11(5)13-7/h8-11H,1-7H3. The lowest BCUT2D eigenvalue weighted by atomic mass is 9.96. The summed E-state index contributed by atoms with van der Waals surface area (Å²) < 4.78 is 5.34. The summed E-state index contributed by atoms with van der Waals surface area (Å²) in [7, 11) is 3.96. The van der Waals surface area contributed by atoms with Gasteiger partial charge in [0.2, 0.25) is 0 Å². The number of ether oxygens (including phenoxy) is 1. The smallest absolute Gasteiger partial charge is 0.0583 e. The zero-order valence-electron chi connectivity index (χ0n) is 10.2. The van der Waals surface area contributed by atoms with Crippen molar-refractivity contribution in [2.45, 2.75) is 52.8 Å². The minimum absolute atomic E-state index is 0.330. The maximum atomic E-state index is 5.34. The van der Waals surface area contributed by atoms with Gasteiger partial charge in [-0.1, -0.05) is 6.92 Å². The lowest BCUT2D eigenvalue weighted by Gasteiger charge is -2.35. The highest BCUT2D eigenvalue weighted by Crippen LogP contribution is 2.17. The molecule has 0 saturated heterocycles. The lowest BCUT2D eigenvalue weighted by Crippen LogP contribution is -2.42. The quantitative estimate of drug-likeness (QED) is 0.655. The van der Waals surface area contributed by atoms with Gasteiger partial charge in [-0.15, -0.1) is 0 Å². The van der Waals surface area contributed by atoms with E-state index in [9.17, 15) is 0 Å². The Morgan fingerprint density at radius 1 is 1.00 bits per heavy atom. The summed E-state index contributed by atoms with van der Waals surface area (Å²) in [4.78, 5) is 2.39. The second-order valence-electron chi connectivity index (χ2n) is 4.30. The van der Waals surface area contributed by atoms with Crippen LogP contribution in [0.25, 0.3) is 0 Å². The number of nitrogens with zero attached hydrogens (tertiary/aromatic N) is 1. The first-order chi connectivity index (χ1) is 5.91. The predicted octanol–water partition coefficient (Wildman–Crippen LogP) is 2.39. The highest BCUT2D eigenvalue weighted by molar-refractivity contribution is 4.76. The van der Waals surface area contributed by atoms with Crippen molar-refractivity contribution in [2.24, 2.45) is 5.92 Å². The van der Waals surface area contributed by atoms with E-state index in [4.69, 9.17) is 4.74 Å². The first-order valence-electron chi connectivity index (χ1n) is 5.16. The van der Waals surface area contributed by atoms with E-state index < -0.39 is 0 Å². The van der Waals surface area contributed by atoms with Gasteiger partial charge in [0.15, 0.2) is 0 Å². The van der Waals surface area contributed by atoms with Gasteiger partial charge in [-0.05, 0) is 40.7 Å². The van der Waals surface area contributed by atoms with Crippen LogP contribution in [0, 0.1) is 5.92 Å². The van der Waals surface area contributed by atoms with Gasteiger partial charge in [0, 0.05) is 19.2 Å². The maximum Gasteiger partial charge on any atom is 0.0583 e. The van der Waals surface area contributed by atoms with Gasteiger partial charge in [-0.2, -0.15) is 0 Å². The third-order valence-corrected chi connectivity index (χ3v) is 3.33. The van der Waals surface area contributed by atoms with Crippen LogP contribution in [-0.2, 0) is 4.74 Å². The Hall–Kier alpha value is -0.0800. The summed E-state index contributed by atoms with van der Waals surface area (Å²) in [6, 6.07) is 1.16. The van der Waals surface area contributed by atoms with Crippen LogP contribution in [0.5, 0.6) is 0 Å². The third kappa shape index (κ3) is 3.65. The summed E-state index contributed by atoms with van der Waals surface area (Å²) in [5.74, 6) is 0.567. The van der Waals surface area contributed by atoms with Crippen molar-refractivity contribution in [2.75, 3.05) is 14.2 Å². The Kier molecular flexibility index (Phi) is 5.57. The minimum Gasteiger partial charge on any atom is -0.381 e. The van der Waals surface area contributed by atoms with Crippen LogP contribution in [-0.4, -0.2) is 37.2 Å². The van der Waals surface area contributed by atoms with Crippen molar-refractivity contribution >= 4 is 0 Å². The van der Waals surface area contributed by atoms with Crippen LogP contribution >= 0.6 is 0 Å². The van der Waals surface area contributed by atoms with Gasteiger partial charge in [0.1, 0.15) is 0 Å². The van der Waals surface area contributed by atoms with Crippen LogP contribution < -0.4 is 0 Å².